The van der Waals surface area contributed by atoms with Crippen molar-refractivity contribution in [1.29, 1.82) is 0 Å². The number of methoxy groups -OCH3 is 1. The van der Waals surface area contributed by atoms with Crippen molar-refractivity contribution in [3.63, 3.8) is 0 Å². The second-order valence-corrected chi connectivity index (χ2v) is 9.90. The number of urea groups is 1. The molecular weight excluding hydrogens is 584 g/mol. The summed E-state index contributed by atoms with van der Waals surface area (Å²) < 4.78 is 52.1. The number of carbonyl (C=O) groups is 1. The summed E-state index contributed by atoms with van der Waals surface area (Å²) in [6.07, 6.45) is -4.78. The zero-order valence-electron chi connectivity index (χ0n) is 22.1. The summed E-state index contributed by atoms with van der Waals surface area (Å²) in [6, 6.07) is 15.4. The first-order valence-corrected chi connectivity index (χ1v) is 13.5. The van der Waals surface area contributed by atoms with Gasteiger partial charge in [0.2, 0.25) is 0 Å². The average molecular weight is 613 g/mol. The van der Waals surface area contributed by atoms with Gasteiger partial charge in [-0.3, -0.25) is 4.90 Å². The Bertz CT molecular complexity index is 1320. The van der Waals surface area contributed by atoms with E-state index in [4.69, 9.17) is 32.7 Å². The molecule has 0 unspecified atom stereocenters. The van der Waals surface area contributed by atoms with Gasteiger partial charge in [-0.15, -0.1) is 13.2 Å². The van der Waals surface area contributed by atoms with E-state index >= 15 is 0 Å². The lowest BCUT2D eigenvalue weighted by Crippen LogP contribution is -2.47. The van der Waals surface area contributed by atoms with Crippen LogP contribution in [0, 0.1) is 0 Å². The summed E-state index contributed by atoms with van der Waals surface area (Å²) in [5, 5.41) is 6.37. The van der Waals surface area contributed by atoms with E-state index in [0.717, 1.165) is 56.1 Å². The quantitative estimate of drug-likeness (QED) is 0.275. The first kappa shape index (κ1) is 30.4. The number of anilines is 2. The summed E-state index contributed by atoms with van der Waals surface area (Å²) in [5.74, 6) is 0.746. The Labute approximate surface area is 245 Å². The maximum absolute atomic E-state index is 12.3. The molecule has 0 saturated carbocycles. The van der Waals surface area contributed by atoms with Crippen molar-refractivity contribution in [2.24, 2.45) is 0 Å². The van der Waals surface area contributed by atoms with Crippen molar-refractivity contribution in [3.8, 4) is 17.2 Å². The molecule has 1 aliphatic rings. The van der Waals surface area contributed by atoms with Gasteiger partial charge in [-0.05, 0) is 54.1 Å². The molecule has 3 aromatic carbocycles. The molecule has 1 aliphatic heterocycles. The molecule has 0 bridgehead atoms. The molecule has 1 heterocycles. The number of benzene rings is 3. The van der Waals surface area contributed by atoms with E-state index in [1.54, 1.807) is 25.3 Å². The van der Waals surface area contributed by atoms with Crippen LogP contribution in [0.25, 0.3) is 0 Å². The molecular formula is C28H29Cl2F3N4O4. The number of alkyl halides is 3. The predicted molar refractivity (Wildman–Crippen MR) is 153 cm³/mol. The number of carbonyl (C=O) groups excluding carboxylic acids is 1. The topological polar surface area (TPSA) is 75.3 Å². The van der Waals surface area contributed by atoms with Gasteiger partial charge in [-0.2, -0.15) is 0 Å². The number of halogens is 5. The monoisotopic (exact) mass is 612 g/mol. The van der Waals surface area contributed by atoms with E-state index in [0.29, 0.717) is 33.8 Å². The molecule has 0 spiro atoms. The molecule has 1 saturated heterocycles. The molecule has 3 aromatic rings. The van der Waals surface area contributed by atoms with Gasteiger partial charge in [-0.1, -0.05) is 35.3 Å². The minimum absolute atomic E-state index is 0.193. The van der Waals surface area contributed by atoms with Crippen molar-refractivity contribution in [2.45, 2.75) is 12.9 Å². The summed E-state index contributed by atoms with van der Waals surface area (Å²) in [6.45, 7) is 4.79. The standard InChI is InChI=1S/C28H29Cl2F3N4O4/c1-39-25-17-19(18-34-27(38)35-20-6-8-21(9-7-20)41-28(31,32)33)5-10-24(25)40-16-15-36-11-13-37(14-12-36)23-4-2-3-22(29)26(23)30/h2-10,17H,11-16,18H2,1H3,(H2,34,35,38). The summed E-state index contributed by atoms with van der Waals surface area (Å²) in [7, 11) is 1.54. The van der Waals surface area contributed by atoms with Gasteiger partial charge in [0.05, 0.1) is 22.8 Å². The Hall–Kier alpha value is -3.54. The molecule has 41 heavy (non-hydrogen) atoms. The van der Waals surface area contributed by atoms with Crippen molar-refractivity contribution in [3.05, 3.63) is 76.3 Å². The minimum atomic E-state index is -4.78. The van der Waals surface area contributed by atoms with Gasteiger partial charge in [0, 0.05) is 45.0 Å². The van der Waals surface area contributed by atoms with Gasteiger partial charge in [0.1, 0.15) is 12.4 Å². The highest BCUT2D eigenvalue weighted by Crippen LogP contribution is 2.33. The maximum Gasteiger partial charge on any atom is 0.573 e. The van der Waals surface area contributed by atoms with Crippen molar-refractivity contribution >= 4 is 40.6 Å². The fraction of sp³-hybridized carbons (Fsp3) is 0.321. The second-order valence-electron chi connectivity index (χ2n) is 9.12. The number of nitrogens with zero attached hydrogens (tertiary/aromatic N) is 2. The average Bonchev–Trinajstić information content (AvgIpc) is 2.94. The van der Waals surface area contributed by atoms with Crippen LogP contribution in [-0.4, -0.2) is 63.7 Å². The largest absolute Gasteiger partial charge is 0.573 e. The molecule has 1 fully saturated rings. The molecule has 2 amide bonds. The van der Waals surface area contributed by atoms with E-state index in [1.807, 2.05) is 18.2 Å². The lowest BCUT2D eigenvalue weighted by Gasteiger charge is -2.36. The van der Waals surface area contributed by atoms with Crippen LogP contribution >= 0.6 is 23.2 Å². The Morgan fingerprint density at radius 3 is 2.39 bits per heavy atom. The molecule has 0 aliphatic carbocycles. The van der Waals surface area contributed by atoms with Crippen LogP contribution in [0.5, 0.6) is 17.2 Å². The Morgan fingerprint density at radius 2 is 1.71 bits per heavy atom. The summed E-state index contributed by atoms with van der Waals surface area (Å²) in [5.41, 5.74) is 2.03. The highest BCUT2D eigenvalue weighted by Gasteiger charge is 2.31. The third kappa shape index (κ3) is 8.97. The van der Waals surface area contributed by atoms with E-state index in [1.165, 1.54) is 12.1 Å². The molecule has 13 heteroatoms. The van der Waals surface area contributed by atoms with Gasteiger partial charge in [0.15, 0.2) is 11.5 Å². The van der Waals surface area contributed by atoms with E-state index in [9.17, 15) is 18.0 Å². The van der Waals surface area contributed by atoms with E-state index < -0.39 is 12.4 Å². The van der Waals surface area contributed by atoms with E-state index in [-0.39, 0.29) is 12.3 Å². The molecule has 8 nitrogen and oxygen atoms in total. The van der Waals surface area contributed by atoms with Gasteiger partial charge < -0.3 is 29.7 Å². The molecule has 220 valence electrons. The van der Waals surface area contributed by atoms with Crippen LogP contribution in [0.4, 0.5) is 29.3 Å². The number of amides is 2. The van der Waals surface area contributed by atoms with Crippen LogP contribution in [0.3, 0.4) is 0 Å². The van der Waals surface area contributed by atoms with Gasteiger partial charge in [-0.25, -0.2) is 4.79 Å². The van der Waals surface area contributed by atoms with Crippen molar-refractivity contribution < 1.29 is 32.2 Å². The third-order valence-electron chi connectivity index (χ3n) is 6.34. The van der Waals surface area contributed by atoms with Gasteiger partial charge >= 0.3 is 12.4 Å². The Kier molecular flexibility index (Phi) is 10.3. The van der Waals surface area contributed by atoms with Crippen LogP contribution in [0.1, 0.15) is 5.56 Å². The highest BCUT2D eigenvalue weighted by molar-refractivity contribution is 6.43. The highest BCUT2D eigenvalue weighted by atomic mass is 35.5. The third-order valence-corrected chi connectivity index (χ3v) is 7.15. The lowest BCUT2D eigenvalue weighted by atomic mass is 10.2. The van der Waals surface area contributed by atoms with Crippen molar-refractivity contribution in [1.82, 2.24) is 10.2 Å². The van der Waals surface area contributed by atoms with Crippen molar-refractivity contribution in [2.75, 3.05) is 56.7 Å². The number of hydrogen-bond donors (Lipinski definition) is 2. The SMILES string of the molecule is COc1cc(CNC(=O)Nc2ccc(OC(F)(F)F)cc2)ccc1OCCN1CCN(c2cccc(Cl)c2Cl)CC1. The number of piperazine rings is 1. The molecule has 0 aromatic heterocycles. The lowest BCUT2D eigenvalue weighted by molar-refractivity contribution is -0.274. The fourth-order valence-electron chi connectivity index (χ4n) is 4.27. The first-order chi connectivity index (χ1) is 19.6. The fourth-order valence-corrected chi connectivity index (χ4v) is 4.69. The Morgan fingerprint density at radius 1 is 0.976 bits per heavy atom. The molecule has 2 N–H and O–H groups in total. The zero-order valence-corrected chi connectivity index (χ0v) is 23.7. The first-order valence-electron chi connectivity index (χ1n) is 12.7. The number of ether oxygens (including phenoxy) is 3. The number of rotatable bonds is 10. The van der Waals surface area contributed by atoms with Crippen LogP contribution in [-0.2, 0) is 6.54 Å². The Balaban J connectivity index is 1.20. The van der Waals surface area contributed by atoms with Crippen LogP contribution in [0.2, 0.25) is 10.0 Å². The zero-order chi connectivity index (χ0) is 29.4. The minimum Gasteiger partial charge on any atom is -0.493 e. The summed E-state index contributed by atoms with van der Waals surface area (Å²) >= 11 is 12.5. The van der Waals surface area contributed by atoms with E-state index in [2.05, 4.69) is 25.2 Å². The number of hydrogen-bond acceptors (Lipinski definition) is 6. The second kappa shape index (κ2) is 13.9. The smallest absolute Gasteiger partial charge is 0.493 e. The van der Waals surface area contributed by atoms with Crippen LogP contribution < -0.4 is 29.7 Å². The maximum atomic E-state index is 12.3. The predicted octanol–water partition coefficient (Wildman–Crippen LogP) is 6.42. The molecule has 0 radical (unpaired) electrons. The molecule has 4 rings (SSSR count). The van der Waals surface area contributed by atoms with Crippen LogP contribution in [0.15, 0.2) is 60.7 Å². The normalized spacial score (nSPS) is 14.0. The van der Waals surface area contributed by atoms with Gasteiger partial charge in [0.25, 0.3) is 0 Å². The summed E-state index contributed by atoms with van der Waals surface area (Å²) in [4.78, 5) is 16.8. The molecule has 0 atom stereocenters. The number of nitrogens with one attached hydrogen (secondary N) is 2.